The molecule has 0 saturated heterocycles. The van der Waals surface area contributed by atoms with Gasteiger partial charge in [0.2, 0.25) is 0 Å². The van der Waals surface area contributed by atoms with E-state index in [1.54, 1.807) is 0 Å². The monoisotopic (exact) mass is 1170 g/mol. The van der Waals surface area contributed by atoms with Crippen LogP contribution >= 0.6 is 0 Å². The standard InChI is InChI=1S/C79H140O5/c1-3-5-7-9-11-13-15-17-19-21-23-25-27-29-31-33-35-36-37-38-39-40-41-42-44-46-48-50-52-54-56-58-60-62-64-66-68-70-72-74-79(82)84-77(75-80)76-83-78(81)73-71-69-67-65-63-61-59-57-55-53-51-49-47-45-43-34-32-30-28-26-24-22-20-18-16-14-12-10-8-6-4-2/h5,7,11,13,16-19,22-25,29,31,35-36,77,80H,3-4,6,8-10,12,14-15,20-21,26-28,30,32-34,37-76H2,1-2H3/b7-5-,13-11-,18-16-,19-17-,24-22-,25-23-,31-29-,36-35-. The van der Waals surface area contributed by atoms with Crippen LogP contribution in [0.2, 0.25) is 0 Å². The fourth-order valence-corrected chi connectivity index (χ4v) is 10.9. The molecule has 5 nitrogen and oxygen atoms in total. The second kappa shape index (κ2) is 74.1. The van der Waals surface area contributed by atoms with Crippen LogP contribution in [0, 0.1) is 0 Å². The number of rotatable bonds is 68. The van der Waals surface area contributed by atoms with E-state index in [0.29, 0.717) is 12.8 Å². The zero-order valence-electron chi connectivity index (χ0n) is 55.9. The van der Waals surface area contributed by atoms with Crippen molar-refractivity contribution >= 4 is 11.9 Å². The maximum absolute atomic E-state index is 12.4. The number of allylic oxidation sites excluding steroid dienone is 16. The number of aliphatic hydroxyl groups is 1. The fraction of sp³-hybridized carbons (Fsp3) is 0.772. The number of unbranched alkanes of at least 4 members (excludes halogenated alkanes) is 44. The topological polar surface area (TPSA) is 72.8 Å². The Morgan fingerprint density at radius 2 is 0.512 bits per heavy atom. The molecule has 0 fully saturated rings. The zero-order chi connectivity index (χ0) is 60.5. The van der Waals surface area contributed by atoms with Gasteiger partial charge in [-0.15, -0.1) is 0 Å². The largest absolute Gasteiger partial charge is 0.462 e. The average Bonchev–Trinajstić information content (AvgIpc) is 3.51. The SMILES string of the molecule is CC/C=C\C/C=C\C/C=C\C/C=C\C/C=C\C/C=C\CCCCCCCCCCCCCCCCCCCCCCC(=O)OC(CO)COC(=O)CCCCCCCCCCCCCCCCCCCCC/C=C\C/C=C\CCCCCCC. The molecule has 84 heavy (non-hydrogen) atoms. The van der Waals surface area contributed by atoms with Crippen LogP contribution < -0.4 is 0 Å². The number of carbonyl (C=O) groups is 2. The van der Waals surface area contributed by atoms with Crippen molar-refractivity contribution in [3.05, 3.63) is 97.2 Å². The highest BCUT2D eigenvalue weighted by molar-refractivity contribution is 5.70. The molecule has 0 bridgehead atoms. The molecule has 0 aromatic carbocycles. The summed E-state index contributed by atoms with van der Waals surface area (Å²) in [5.74, 6) is -0.572. The van der Waals surface area contributed by atoms with Crippen molar-refractivity contribution in [2.24, 2.45) is 0 Å². The number of hydrogen-bond donors (Lipinski definition) is 1. The average molecular weight is 1170 g/mol. The van der Waals surface area contributed by atoms with Crippen LogP contribution in [0.4, 0.5) is 0 Å². The van der Waals surface area contributed by atoms with Gasteiger partial charge < -0.3 is 14.6 Å². The first-order valence-electron chi connectivity index (χ1n) is 36.8. The molecule has 5 heteroatoms. The second-order valence-corrected chi connectivity index (χ2v) is 24.6. The molecule has 0 aliphatic rings. The minimum Gasteiger partial charge on any atom is -0.462 e. The third-order valence-corrected chi connectivity index (χ3v) is 16.4. The molecule has 0 radical (unpaired) electrons. The molecule has 0 rings (SSSR count). The molecule has 1 atom stereocenters. The highest BCUT2D eigenvalue weighted by Crippen LogP contribution is 2.18. The van der Waals surface area contributed by atoms with Crippen molar-refractivity contribution in [1.82, 2.24) is 0 Å². The molecule has 0 aliphatic carbocycles. The molecule has 486 valence electrons. The van der Waals surface area contributed by atoms with Crippen LogP contribution in [0.25, 0.3) is 0 Å². The summed E-state index contributed by atoms with van der Waals surface area (Å²) < 4.78 is 10.8. The van der Waals surface area contributed by atoms with Gasteiger partial charge in [0.1, 0.15) is 6.61 Å². The Morgan fingerprint density at radius 3 is 0.774 bits per heavy atom. The Morgan fingerprint density at radius 1 is 0.286 bits per heavy atom. The van der Waals surface area contributed by atoms with Crippen molar-refractivity contribution in [1.29, 1.82) is 0 Å². The first-order valence-corrected chi connectivity index (χ1v) is 36.8. The molecule has 0 amide bonds. The first-order chi connectivity index (χ1) is 41.6. The van der Waals surface area contributed by atoms with Gasteiger partial charge in [-0.2, -0.15) is 0 Å². The summed E-state index contributed by atoms with van der Waals surface area (Å²) in [6.45, 7) is 4.06. The number of aliphatic hydroxyl groups excluding tert-OH is 1. The van der Waals surface area contributed by atoms with E-state index in [1.165, 1.54) is 263 Å². The Hall–Kier alpha value is -3.18. The van der Waals surface area contributed by atoms with Gasteiger partial charge in [-0.25, -0.2) is 0 Å². The number of hydrogen-bond acceptors (Lipinski definition) is 5. The zero-order valence-corrected chi connectivity index (χ0v) is 55.9. The molecule has 0 saturated carbocycles. The van der Waals surface area contributed by atoms with Crippen LogP contribution in [0.15, 0.2) is 97.2 Å². The summed E-state index contributed by atoms with van der Waals surface area (Å²) in [6, 6.07) is 0. The van der Waals surface area contributed by atoms with E-state index in [-0.39, 0.29) is 25.2 Å². The van der Waals surface area contributed by atoms with Crippen molar-refractivity contribution in [3.63, 3.8) is 0 Å². The predicted molar refractivity (Wildman–Crippen MR) is 371 cm³/mol. The summed E-state index contributed by atoms with van der Waals surface area (Å²) >= 11 is 0. The van der Waals surface area contributed by atoms with E-state index in [2.05, 4.69) is 111 Å². The van der Waals surface area contributed by atoms with E-state index in [9.17, 15) is 14.7 Å². The van der Waals surface area contributed by atoms with Gasteiger partial charge in [-0.05, 0) is 96.3 Å². The van der Waals surface area contributed by atoms with Gasteiger partial charge in [0.15, 0.2) is 6.10 Å². The highest BCUT2D eigenvalue weighted by atomic mass is 16.6. The molecule has 0 heterocycles. The smallest absolute Gasteiger partial charge is 0.306 e. The third-order valence-electron chi connectivity index (χ3n) is 16.4. The van der Waals surface area contributed by atoms with Crippen LogP contribution in [-0.4, -0.2) is 36.4 Å². The number of ether oxygens (including phenoxy) is 2. The van der Waals surface area contributed by atoms with E-state index in [1.807, 2.05) is 0 Å². The van der Waals surface area contributed by atoms with Gasteiger partial charge in [-0.1, -0.05) is 361 Å². The summed E-state index contributed by atoms with van der Waals surface area (Å²) in [5.41, 5.74) is 0. The lowest BCUT2D eigenvalue weighted by atomic mass is 10.0. The molecule has 0 spiro atoms. The normalized spacial score (nSPS) is 12.8. The Bertz CT molecular complexity index is 1560. The summed E-state index contributed by atoms with van der Waals surface area (Å²) in [6.07, 6.45) is 106. The highest BCUT2D eigenvalue weighted by Gasteiger charge is 2.16. The van der Waals surface area contributed by atoms with Crippen molar-refractivity contribution in [2.45, 2.75) is 380 Å². The maximum Gasteiger partial charge on any atom is 0.306 e. The van der Waals surface area contributed by atoms with Crippen LogP contribution in [0.3, 0.4) is 0 Å². The lowest BCUT2D eigenvalue weighted by Gasteiger charge is -2.15. The molecule has 1 N–H and O–H groups in total. The quantitative estimate of drug-likeness (QED) is 0.0373. The minimum atomic E-state index is -0.774. The Balaban J connectivity index is 3.42. The van der Waals surface area contributed by atoms with Gasteiger partial charge in [-0.3, -0.25) is 9.59 Å². The Kier molecular flexibility index (Phi) is 71.3. The molecular formula is C79H140O5. The fourth-order valence-electron chi connectivity index (χ4n) is 10.9. The summed E-state index contributed by atoms with van der Waals surface area (Å²) in [5, 5.41) is 9.72. The summed E-state index contributed by atoms with van der Waals surface area (Å²) in [4.78, 5) is 24.7. The van der Waals surface area contributed by atoms with Crippen molar-refractivity contribution < 1.29 is 24.2 Å². The predicted octanol–water partition coefficient (Wildman–Crippen LogP) is 25.8. The molecule has 0 aromatic heterocycles. The molecule has 0 aromatic rings. The maximum atomic E-state index is 12.4. The van der Waals surface area contributed by atoms with Crippen molar-refractivity contribution in [2.75, 3.05) is 13.2 Å². The lowest BCUT2D eigenvalue weighted by Crippen LogP contribution is -2.28. The van der Waals surface area contributed by atoms with E-state index < -0.39 is 6.10 Å². The van der Waals surface area contributed by atoms with Crippen LogP contribution in [0.5, 0.6) is 0 Å². The van der Waals surface area contributed by atoms with Gasteiger partial charge in [0.05, 0.1) is 6.61 Å². The summed E-state index contributed by atoms with van der Waals surface area (Å²) in [7, 11) is 0. The number of carbonyl (C=O) groups excluding carboxylic acids is 2. The van der Waals surface area contributed by atoms with Gasteiger partial charge in [0, 0.05) is 12.8 Å². The van der Waals surface area contributed by atoms with Crippen LogP contribution in [0.1, 0.15) is 373 Å². The molecular weight excluding hydrogens is 1030 g/mol. The first kappa shape index (κ1) is 80.8. The molecule has 0 aliphatic heterocycles. The van der Waals surface area contributed by atoms with Gasteiger partial charge in [0.25, 0.3) is 0 Å². The van der Waals surface area contributed by atoms with E-state index >= 15 is 0 Å². The van der Waals surface area contributed by atoms with Gasteiger partial charge >= 0.3 is 11.9 Å². The van der Waals surface area contributed by atoms with Crippen molar-refractivity contribution in [3.8, 4) is 0 Å². The second-order valence-electron chi connectivity index (χ2n) is 24.6. The Labute approximate surface area is 523 Å². The third kappa shape index (κ3) is 71.3. The number of esters is 2. The van der Waals surface area contributed by atoms with E-state index in [4.69, 9.17) is 9.47 Å². The van der Waals surface area contributed by atoms with E-state index in [0.717, 1.165) is 83.5 Å². The molecule has 1 unspecified atom stereocenters. The lowest BCUT2D eigenvalue weighted by molar-refractivity contribution is -0.161. The van der Waals surface area contributed by atoms with Crippen LogP contribution in [-0.2, 0) is 19.1 Å². The minimum absolute atomic E-state index is 0.0631.